The molecule has 0 bridgehead atoms. The second kappa shape index (κ2) is 6.44. The Morgan fingerprint density at radius 2 is 2.00 bits per heavy atom. The lowest BCUT2D eigenvalue weighted by molar-refractivity contribution is -0.115. The van der Waals surface area contributed by atoms with Crippen molar-refractivity contribution < 1.29 is 9.90 Å². The van der Waals surface area contributed by atoms with Gasteiger partial charge < -0.3 is 16.2 Å². The molecule has 7 nitrogen and oxygen atoms in total. The third-order valence-electron chi connectivity index (χ3n) is 4.41. The van der Waals surface area contributed by atoms with E-state index < -0.39 is 11.9 Å². The molecule has 1 aliphatic rings. The molecule has 0 saturated heterocycles. The van der Waals surface area contributed by atoms with Crippen LogP contribution in [-0.4, -0.2) is 25.8 Å². The Morgan fingerprint density at radius 1 is 1.26 bits per heavy atom. The SMILES string of the molecule is CC1=C(C(N)=O)C(c2cccc(O)c2)n2nc(-c3ccc(Cl)cc3)nc2N1. The number of nitrogens with zero attached hydrogens (tertiary/aromatic N) is 3. The molecule has 0 spiro atoms. The molecule has 0 saturated carbocycles. The Morgan fingerprint density at radius 3 is 2.67 bits per heavy atom. The number of nitrogens with two attached hydrogens (primary N) is 1. The summed E-state index contributed by atoms with van der Waals surface area (Å²) in [6.45, 7) is 1.76. The number of allylic oxidation sites excluding steroid dienone is 1. The Balaban J connectivity index is 1.88. The number of carbonyl (C=O) groups excluding carboxylic acids is 1. The van der Waals surface area contributed by atoms with Crippen LogP contribution < -0.4 is 11.1 Å². The highest BCUT2D eigenvalue weighted by Gasteiger charge is 2.33. The second-order valence-corrected chi connectivity index (χ2v) is 6.67. The molecule has 0 fully saturated rings. The Kier molecular flexibility index (Phi) is 4.08. The number of aromatic hydroxyl groups is 1. The Bertz CT molecular complexity index is 1070. The van der Waals surface area contributed by atoms with E-state index in [-0.39, 0.29) is 5.75 Å². The van der Waals surface area contributed by atoms with Gasteiger partial charge in [0.1, 0.15) is 11.8 Å². The summed E-state index contributed by atoms with van der Waals surface area (Å²) in [7, 11) is 0. The van der Waals surface area contributed by atoms with Crippen LogP contribution in [0.5, 0.6) is 5.75 Å². The molecule has 0 radical (unpaired) electrons. The van der Waals surface area contributed by atoms with E-state index in [4.69, 9.17) is 17.3 Å². The molecule has 1 amide bonds. The number of phenols is 1. The van der Waals surface area contributed by atoms with E-state index in [0.29, 0.717) is 33.6 Å². The Labute approximate surface area is 160 Å². The highest BCUT2D eigenvalue weighted by molar-refractivity contribution is 6.30. The molecule has 1 aliphatic heterocycles. The monoisotopic (exact) mass is 381 g/mol. The molecule has 8 heteroatoms. The van der Waals surface area contributed by atoms with Crippen molar-refractivity contribution in [3.05, 3.63) is 70.4 Å². The molecule has 4 N–H and O–H groups in total. The topological polar surface area (TPSA) is 106 Å². The van der Waals surface area contributed by atoms with Gasteiger partial charge >= 0.3 is 0 Å². The molecule has 1 unspecified atom stereocenters. The molecule has 1 atom stereocenters. The summed E-state index contributed by atoms with van der Waals surface area (Å²) >= 11 is 5.95. The van der Waals surface area contributed by atoms with E-state index >= 15 is 0 Å². The first kappa shape index (κ1) is 17.1. The number of primary amides is 1. The lowest BCUT2D eigenvalue weighted by Crippen LogP contribution is -2.31. The third kappa shape index (κ3) is 3.02. The van der Waals surface area contributed by atoms with E-state index in [1.807, 2.05) is 12.1 Å². The minimum Gasteiger partial charge on any atom is -0.508 e. The van der Waals surface area contributed by atoms with E-state index in [1.54, 1.807) is 48.0 Å². The maximum Gasteiger partial charge on any atom is 0.248 e. The fourth-order valence-corrected chi connectivity index (χ4v) is 3.32. The highest BCUT2D eigenvalue weighted by Crippen LogP contribution is 2.36. The fourth-order valence-electron chi connectivity index (χ4n) is 3.19. The Hall–Kier alpha value is -3.32. The van der Waals surface area contributed by atoms with Crippen molar-refractivity contribution in [2.24, 2.45) is 5.73 Å². The molecule has 4 rings (SSSR count). The van der Waals surface area contributed by atoms with Crippen LogP contribution in [0.4, 0.5) is 5.95 Å². The molecule has 2 aromatic carbocycles. The number of anilines is 1. The predicted molar refractivity (Wildman–Crippen MR) is 102 cm³/mol. The molecule has 2 heterocycles. The maximum atomic E-state index is 12.1. The first-order valence-corrected chi connectivity index (χ1v) is 8.61. The number of hydrogen-bond acceptors (Lipinski definition) is 5. The second-order valence-electron chi connectivity index (χ2n) is 6.24. The third-order valence-corrected chi connectivity index (χ3v) is 4.66. The van der Waals surface area contributed by atoms with Gasteiger partial charge in [-0.05, 0) is 48.9 Å². The lowest BCUT2D eigenvalue weighted by Gasteiger charge is -2.27. The number of aromatic nitrogens is 3. The number of rotatable bonds is 3. The van der Waals surface area contributed by atoms with Gasteiger partial charge in [0.05, 0.1) is 5.57 Å². The van der Waals surface area contributed by atoms with Crippen LogP contribution in [0.25, 0.3) is 11.4 Å². The van der Waals surface area contributed by atoms with Crippen molar-refractivity contribution in [1.29, 1.82) is 0 Å². The van der Waals surface area contributed by atoms with Crippen LogP contribution in [0, 0.1) is 0 Å². The van der Waals surface area contributed by atoms with Gasteiger partial charge in [-0.2, -0.15) is 4.98 Å². The number of amides is 1. The zero-order valence-electron chi connectivity index (χ0n) is 14.3. The van der Waals surface area contributed by atoms with Crippen LogP contribution in [0.3, 0.4) is 0 Å². The summed E-state index contributed by atoms with van der Waals surface area (Å²) in [5.74, 6) is 0.489. The van der Waals surface area contributed by atoms with Crippen molar-refractivity contribution in [2.45, 2.75) is 13.0 Å². The highest BCUT2D eigenvalue weighted by atomic mass is 35.5. The largest absolute Gasteiger partial charge is 0.508 e. The van der Waals surface area contributed by atoms with Gasteiger partial charge in [0, 0.05) is 16.3 Å². The number of halogens is 1. The predicted octanol–water partition coefficient (Wildman–Crippen LogP) is 3.08. The standard InChI is InChI=1S/C19H16ClN5O2/c1-10-15(17(21)27)16(12-3-2-4-14(26)9-12)25-19(22-10)23-18(24-25)11-5-7-13(20)8-6-11/h2-9,16,26H,1H3,(H2,21,27)(H,22,23,24). The van der Waals surface area contributed by atoms with Gasteiger partial charge in [-0.3, -0.25) is 4.79 Å². The van der Waals surface area contributed by atoms with Crippen LogP contribution in [-0.2, 0) is 4.79 Å². The first-order valence-electron chi connectivity index (χ1n) is 8.23. The molecular weight excluding hydrogens is 366 g/mol. The first-order chi connectivity index (χ1) is 12.9. The number of hydrogen-bond donors (Lipinski definition) is 3. The smallest absolute Gasteiger partial charge is 0.248 e. The molecule has 1 aromatic heterocycles. The van der Waals surface area contributed by atoms with E-state index in [0.717, 1.165) is 5.56 Å². The van der Waals surface area contributed by atoms with Crippen LogP contribution in [0.2, 0.25) is 5.02 Å². The van der Waals surface area contributed by atoms with Gasteiger partial charge in [0.15, 0.2) is 5.82 Å². The van der Waals surface area contributed by atoms with Gasteiger partial charge in [0.2, 0.25) is 11.9 Å². The average Bonchev–Trinajstić information content (AvgIpc) is 3.04. The van der Waals surface area contributed by atoms with Crippen LogP contribution in [0.1, 0.15) is 18.5 Å². The number of carbonyl (C=O) groups is 1. The molecular formula is C19H16ClN5O2. The van der Waals surface area contributed by atoms with Crippen molar-refractivity contribution in [2.75, 3.05) is 5.32 Å². The summed E-state index contributed by atoms with van der Waals surface area (Å²) < 4.78 is 1.60. The van der Waals surface area contributed by atoms with E-state index in [9.17, 15) is 9.90 Å². The molecule has 3 aromatic rings. The van der Waals surface area contributed by atoms with Crippen molar-refractivity contribution >= 4 is 23.5 Å². The number of phenolic OH excluding ortho intramolecular Hbond substituents is 1. The van der Waals surface area contributed by atoms with E-state index in [1.165, 1.54) is 0 Å². The van der Waals surface area contributed by atoms with Crippen LogP contribution in [0.15, 0.2) is 59.8 Å². The number of benzene rings is 2. The van der Waals surface area contributed by atoms with Gasteiger partial charge in [-0.1, -0.05) is 23.7 Å². The van der Waals surface area contributed by atoms with Crippen molar-refractivity contribution in [3.8, 4) is 17.1 Å². The van der Waals surface area contributed by atoms with Gasteiger partial charge in [-0.15, -0.1) is 5.10 Å². The van der Waals surface area contributed by atoms with Crippen molar-refractivity contribution in [1.82, 2.24) is 14.8 Å². The molecule has 27 heavy (non-hydrogen) atoms. The van der Waals surface area contributed by atoms with Gasteiger partial charge in [-0.25, -0.2) is 4.68 Å². The quantitative estimate of drug-likeness (QED) is 0.646. The summed E-state index contributed by atoms with van der Waals surface area (Å²) in [4.78, 5) is 16.7. The maximum absolute atomic E-state index is 12.1. The minimum atomic E-state index is -0.598. The molecule has 0 aliphatic carbocycles. The summed E-state index contributed by atoms with van der Waals surface area (Å²) in [5, 5.41) is 18.2. The number of fused-ring (bicyclic) bond motifs is 1. The zero-order chi connectivity index (χ0) is 19.1. The number of nitrogens with one attached hydrogen (secondary N) is 1. The van der Waals surface area contributed by atoms with Gasteiger partial charge in [0.25, 0.3) is 0 Å². The normalized spacial score (nSPS) is 16.0. The summed E-state index contributed by atoms with van der Waals surface area (Å²) in [6.07, 6.45) is 0. The molecule has 136 valence electrons. The van der Waals surface area contributed by atoms with E-state index in [2.05, 4.69) is 15.4 Å². The minimum absolute atomic E-state index is 0.0899. The van der Waals surface area contributed by atoms with Crippen molar-refractivity contribution in [3.63, 3.8) is 0 Å². The lowest BCUT2D eigenvalue weighted by atomic mass is 9.95. The summed E-state index contributed by atoms with van der Waals surface area (Å²) in [6, 6.07) is 13.2. The zero-order valence-corrected chi connectivity index (χ0v) is 15.1. The summed E-state index contributed by atoms with van der Waals surface area (Å²) in [5.41, 5.74) is 8.06. The average molecular weight is 382 g/mol. The van der Waals surface area contributed by atoms with Crippen LogP contribution >= 0.6 is 11.6 Å². The fraction of sp³-hybridized carbons (Fsp3) is 0.105.